The van der Waals surface area contributed by atoms with E-state index < -0.39 is 37.8 Å². The molecule has 1 N–H and O–H groups in total. The quantitative estimate of drug-likeness (QED) is 0.852. The molecule has 144 valence electrons. The number of sulfone groups is 1. The molecule has 1 atom stereocenters. The van der Waals surface area contributed by atoms with Gasteiger partial charge in [-0.1, -0.05) is 24.3 Å². The Kier molecular flexibility index (Phi) is 5.01. The fourth-order valence-electron chi connectivity index (χ4n) is 2.48. The number of rotatable bonds is 4. The maximum Gasteiger partial charge on any atom is 0.501 e. The van der Waals surface area contributed by atoms with Crippen LogP contribution >= 0.6 is 0 Å². The molecular weight excluding hydrogens is 387 g/mol. The molecule has 2 aromatic carbocycles. The van der Waals surface area contributed by atoms with Gasteiger partial charge in [-0.25, -0.2) is 8.42 Å². The van der Waals surface area contributed by atoms with Crippen LogP contribution in [-0.2, 0) is 9.84 Å². The van der Waals surface area contributed by atoms with Crippen molar-refractivity contribution >= 4 is 15.7 Å². The van der Waals surface area contributed by atoms with Gasteiger partial charge in [-0.15, -0.1) is 0 Å². The topological polar surface area (TPSA) is 81.7 Å². The molecule has 0 fully saturated rings. The molecule has 1 aliphatic rings. The first-order chi connectivity index (χ1) is 12.7. The summed E-state index contributed by atoms with van der Waals surface area (Å²) >= 11 is 0. The lowest BCUT2D eigenvalue weighted by atomic mass is 10.2. The van der Waals surface area contributed by atoms with Crippen molar-refractivity contribution < 1.29 is 35.9 Å². The van der Waals surface area contributed by atoms with Crippen molar-refractivity contribution in [3.63, 3.8) is 0 Å². The monoisotopic (exact) mass is 401 g/mol. The van der Waals surface area contributed by atoms with E-state index in [0.29, 0.717) is 11.5 Å². The summed E-state index contributed by atoms with van der Waals surface area (Å²) in [6.07, 6.45) is -0.574. The fraction of sp³-hybridized carbons (Fsp3) is 0.235. The van der Waals surface area contributed by atoms with Gasteiger partial charge in [0.2, 0.25) is 0 Å². The van der Waals surface area contributed by atoms with Crippen molar-refractivity contribution in [1.82, 2.24) is 5.32 Å². The molecule has 0 saturated carbocycles. The smallest absolute Gasteiger partial charge is 0.486 e. The maximum absolute atomic E-state index is 12.8. The van der Waals surface area contributed by atoms with Crippen LogP contribution in [0.2, 0.25) is 0 Å². The predicted octanol–water partition coefficient (Wildman–Crippen LogP) is 2.55. The molecular formula is C17H14F3NO5S. The molecule has 0 aromatic heterocycles. The predicted molar refractivity (Wildman–Crippen MR) is 88.4 cm³/mol. The fourth-order valence-corrected chi connectivity index (χ4v) is 3.44. The zero-order valence-corrected chi connectivity index (χ0v) is 14.5. The Morgan fingerprint density at radius 1 is 1.07 bits per heavy atom. The molecule has 0 radical (unpaired) electrons. The summed E-state index contributed by atoms with van der Waals surface area (Å²) < 4.78 is 72.9. The lowest BCUT2D eigenvalue weighted by Gasteiger charge is -2.26. The molecule has 0 saturated heterocycles. The van der Waals surface area contributed by atoms with Crippen LogP contribution in [0.4, 0.5) is 13.2 Å². The van der Waals surface area contributed by atoms with E-state index in [1.54, 1.807) is 24.3 Å². The summed E-state index contributed by atoms with van der Waals surface area (Å²) in [5, 5.41) is 2.39. The summed E-state index contributed by atoms with van der Waals surface area (Å²) in [6, 6.07) is 11.0. The second kappa shape index (κ2) is 7.10. The molecule has 1 amide bonds. The van der Waals surface area contributed by atoms with Gasteiger partial charge in [0.15, 0.2) is 11.5 Å². The zero-order valence-electron chi connectivity index (χ0n) is 13.7. The number of alkyl halides is 3. The summed E-state index contributed by atoms with van der Waals surface area (Å²) in [5.74, 6) is 0.0608. The van der Waals surface area contributed by atoms with E-state index >= 15 is 0 Å². The third-order valence-corrected chi connectivity index (χ3v) is 5.33. The van der Waals surface area contributed by atoms with Crippen molar-refractivity contribution in [2.24, 2.45) is 0 Å². The number of ether oxygens (including phenoxy) is 2. The van der Waals surface area contributed by atoms with Gasteiger partial charge in [-0.05, 0) is 24.3 Å². The van der Waals surface area contributed by atoms with E-state index in [-0.39, 0.29) is 13.2 Å². The molecule has 1 unspecified atom stereocenters. The first-order valence-corrected chi connectivity index (χ1v) is 9.25. The number of halogens is 3. The van der Waals surface area contributed by atoms with Gasteiger partial charge in [0.25, 0.3) is 15.7 Å². The number of carbonyl (C=O) groups excluding carboxylic acids is 1. The van der Waals surface area contributed by atoms with Crippen molar-refractivity contribution in [3.8, 4) is 11.5 Å². The second-order valence-electron chi connectivity index (χ2n) is 5.65. The number of nitrogens with one attached hydrogen (secondary N) is 1. The number of amides is 1. The highest BCUT2D eigenvalue weighted by atomic mass is 32.2. The first kappa shape index (κ1) is 19.0. The van der Waals surface area contributed by atoms with Crippen LogP contribution in [-0.4, -0.2) is 39.1 Å². The minimum atomic E-state index is -5.65. The molecule has 1 heterocycles. The van der Waals surface area contributed by atoms with E-state index in [0.717, 1.165) is 18.2 Å². The highest BCUT2D eigenvalue weighted by Gasteiger charge is 2.48. The van der Waals surface area contributed by atoms with Crippen molar-refractivity contribution in [1.29, 1.82) is 0 Å². The SMILES string of the molecule is O=C(NCC1COc2ccccc2O1)c1ccccc1S(=O)(=O)C(F)(F)F. The molecule has 0 bridgehead atoms. The van der Waals surface area contributed by atoms with E-state index in [4.69, 9.17) is 9.47 Å². The number of fused-ring (bicyclic) bond motifs is 1. The van der Waals surface area contributed by atoms with E-state index in [2.05, 4.69) is 5.32 Å². The third kappa shape index (κ3) is 3.85. The van der Waals surface area contributed by atoms with Gasteiger partial charge >= 0.3 is 5.51 Å². The average Bonchev–Trinajstić information content (AvgIpc) is 2.65. The van der Waals surface area contributed by atoms with Crippen molar-refractivity contribution in [2.45, 2.75) is 16.5 Å². The van der Waals surface area contributed by atoms with Crippen LogP contribution in [0, 0.1) is 0 Å². The van der Waals surface area contributed by atoms with Gasteiger partial charge in [0.05, 0.1) is 17.0 Å². The number of benzene rings is 2. The minimum Gasteiger partial charge on any atom is -0.486 e. The molecule has 1 aliphatic heterocycles. The first-order valence-electron chi connectivity index (χ1n) is 7.77. The van der Waals surface area contributed by atoms with Crippen LogP contribution < -0.4 is 14.8 Å². The zero-order chi connectivity index (χ0) is 19.7. The highest BCUT2D eigenvalue weighted by Crippen LogP contribution is 2.32. The van der Waals surface area contributed by atoms with E-state index in [1.807, 2.05) is 0 Å². The summed E-state index contributed by atoms with van der Waals surface area (Å²) in [5.41, 5.74) is -6.10. The Morgan fingerprint density at radius 2 is 1.70 bits per heavy atom. The number of hydrogen-bond donors (Lipinski definition) is 1. The standard InChI is InChI=1S/C17H14F3NO5S/c18-17(19,20)27(23,24)15-8-4-1-5-12(15)16(22)21-9-11-10-25-13-6-2-3-7-14(13)26-11/h1-8,11H,9-10H2,(H,21,22). The minimum absolute atomic E-state index is 0.0758. The third-order valence-electron chi connectivity index (χ3n) is 3.78. The molecule has 0 spiro atoms. The Morgan fingerprint density at radius 3 is 2.41 bits per heavy atom. The van der Waals surface area contributed by atoms with Gasteiger partial charge in [0.1, 0.15) is 12.7 Å². The highest BCUT2D eigenvalue weighted by molar-refractivity contribution is 7.92. The normalized spacial score (nSPS) is 16.6. The Bertz CT molecular complexity index is 959. The van der Waals surface area contributed by atoms with Crippen molar-refractivity contribution in [2.75, 3.05) is 13.2 Å². The van der Waals surface area contributed by atoms with Crippen LogP contribution in [0.15, 0.2) is 53.4 Å². The molecule has 27 heavy (non-hydrogen) atoms. The largest absolute Gasteiger partial charge is 0.501 e. The Labute approximate surface area is 152 Å². The summed E-state index contributed by atoms with van der Waals surface area (Å²) in [6.45, 7) is 0.0490. The molecule has 0 aliphatic carbocycles. The molecule has 10 heteroatoms. The second-order valence-corrected chi connectivity index (χ2v) is 7.56. The van der Waals surface area contributed by atoms with E-state index in [1.165, 1.54) is 6.07 Å². The number of para-hydroxylation sites is 2. The maximum atomic E-state index is 12.8. The summed E-state index contributed by atoms with van der Waals surface area (Å²) in [4.78, 5) is 11.2. The van der Waals surface area contributed by atoms with Crippen LogP contribution in [0.3, 0.4) is 0 Å². The number of carbonyl (C=O) groups is 1. The van der Waals surface area contributed by atoms with Gasteiger partial charge in [-0.3, -0.25) is 4.79 Å². The molecule has 2 aromatic rings. The van der Waals surface area contributed by atoms with Crippen molar-refractivity contribution in [3.05, 3.63) is 54.1 Å². The van der Waals surface area contributed by atoms with Crippen LogP contribution in [0.1, 0.15) is 10.4 Å². The lowest BCUT2D eigenvalue weighted by molar-refractivity contribution is -0.0436. The van der Waals surface area contributed by atoms with E-state index in [9.17, 15) is 26.4 Å². The van der Waals surface area contributed by atoms with Crippen LogP contribution in [0.5, 0.6) is 11.5 Å². The Balaban J connectivity index is 1.73. The molecule has 6 nitrogen and oxygen atoms in total. The van der Waals surface area contributed by atoms with Gasteiger partial charge < -0.3 is 14.8 Å². The van der Waals surface area contributed by atoms with Crippen LogP contribution in [0.25, 0.3) is 0 Å². The van der Waals surface area contributed by atoms with Gasteiger partial charge in [0, 0.05) is 0 Å². The molecule has 3 rings (SSSR count). The average molecular weight is 401 g/mol. The Hall–Kier alpha value is -2.75. The lowest BCUT2D eigenvalue weighted by Crippen LogP contribution is -2.41. The van der Waals surface area contributed by atoms with Gasteiger partial charge in [-0.2, -0.15) is 13.2 Å². The number of hydrogen-bond acceptors (Lipinski definition) is 5. The summed E-state index contributed by atoms with van der Waals surface area (Å²) in [7, 11) is -5.65.